The van der Waals surface area contributed by atoms with Gasteiger partial charge in [-0.3, -0.25) is 14.4 Å². The van der Waals surface area contributed by atoms with Crippen LogP contribution in [-0.4, -0.2) is 43.0 Å². The summed E-state index contributed by atoms with van der Waals surface area (Å²) in [5.74, 6) is -2.51. The molecule has 2 aromatic carbocycles. The molecule has 0 bridgehead atoms. The summed E-state index contributed by atoms with van der Waals surface area (Å²) in [6, 6.07) is 8.77. The van der Waals surface area contributed by atoms with Gasteiger partial charge in [0, 0.05) is 19.1 Å². The topological polar surface area (TPSA) is 111 Å². The average Bonchev–Trinajstić information content (AvgIpc) is 2.92. The van der Waals surface area contributed by atoms with Crippen molar-refractivity contribution in [3.05, 3.63) is 53.1 Å². The third kappa shape index (κ3) is 3.25. The molecule has 1 aliphatic rings. The van der Waals surface area contributed by atoms with Crippen LogP contribution in [0.15, 0.2) is 36.4 Å². The number of anilines is 1. The van der Waals surface area contributed by atoms with Crippen molar-refractivity contribution in [3.63, 3.8) is 0 Å². The zero-order chi connectivity index (χ0) is 20.4. The second-order valence-corrected chi connectivity index (χ2v) is 5.76. The largest absolute Gasteiger partial charge is 0.493 e. The summed E-state index contributed by atoms with van der Waals surface area (Å²) in [4.78, 5) is 54.0. The Labute approximate surface area is 159 Å². The number of imide groups is 1. The number of methoxy groups -OCH3 is 2. The maximum atomic E-state index is 12.7. The summed E-state index contributed by atoms with van der Waals surface area (Å²) in [7, 11) is 2.77. The van der Waals surface area contributed by atoms with Crippen molar-refractivity contribution in [1.29, 1.82) is 0 Å². The number of amides is 3. The molecule has 3 amide bonds. The van der Waals surface area contributed by atoms with E-state index in [1.807, 2.05) is 0 Å². The van der Waals surface area contributed by atoms with Gasteiger partial charge in [-0.05, 0) is 12.1 Å². The van der Waals surface area contributed by atoms with Crippen LogP contribution in [0.3, 0.4) is 0 Å². The number of carbonyl (C=O) groups excluding carboxylic acids is 4. The fraction of sp³-hybridized carbons (Fsp3) is 0.158. The lowest BCUT2D eigenvalue weighted by atomic mass is 10.1. The van der Waals surface area contributed by atoms with E-state index in [2.05, 4.69) is 5.32 Å². The zero-order valence-corrected chi connectivity index (χ0v) is 15.3. The molecule has 1 aliphatic heterocycles. The van der Waals surface area contributed by atoms with Crippen LogP contribution >= 0.6 is 0 Å². The maximum Gasteiger partial charge on any atom is 0.366 e. The van der Waals surface area contributed by atoms with E-state index in [1.54, 1.807) is 12.1 Å². The number of hydrogen-bond donors (Lipinski definition) is 1. The van der Waals surface area contributed by atoms with Crippen molar-refractivity contribution in [2.45, 2.75) is 6.92 Å². The lowest BCUT2D eigenvalue weighted by Crippen LogP contribution is -2.33. The number of nitrogens with zero attached hydrogens (tertiary/aromatic N) is 1. The molecule has 0 fully saturated rings. The number of benzene rings is 2. The van der Waals surface area contributed by atoms with Crippen molar-refractivity contribution >= 4 is 29.4 Å². The molecule has 0 spiro atoms. The Morgan fingerprint density at radius 2 is 1.46 bits per heavy atom. The van der Waals surface area contributed by atoms with E-state index in [0.29, 0.717) is 5.06 Å². The molecule has 0 unspecified atom stereocenters. The van der Waals surface area contributed by atoms with Crippen LogP contribution in [0.5, 0.6) is 11.5 Å². The average molecular weight is 384 g/mol. The molecule has 1 heterocycles. The first-order valence-electron chi connectivity index (χ1n) is 8.11. The fourth-order valence-electron chi connectivity index (χ4n) is 2.72. The number of ether oxygens (including phenoxy) is 2. The third-order valence-electron chi connectivity index (χ3n) is 3.99. The van der Waals surface area contributed by atoms with Crippen LogP contribution in [0.1, 0.15) is 38.0 Å². The normalized spacial score (nSPS) is 12.5. The first-order valence-corrected chi connectivity index (χ1v) is 8.11. The molecule has 9 heteroatoms. The van der Waals surface area contributed by atoms with E-state index in [4.69, 9.17) is 14.3 Å². The first-order chi connectivity index (χ1) is 13.4. The smallest absolute Gasteiger partial charge is 0.366 e. The third-order valence-corrected chi connectivity index (χ3v) is 3.99. The van der Waals surface area contributed by atoms with Gasteiger partial charge >= 0.3 is 5.97 Å². The van der Waals surface area contributed by atoms with Gasteiger partial charge in [-0.15, -0.1) is 0 Å². The first kappa shape index (κ1) is 18.9. The molecule has 0 aromatic heterocycles. The van der Waals surface area contributed by atoms with Crippen LogP contribution in [0.4, 0.5) is 5.69 Å². The Morgan fingerprint density at radius 1 is 0.929 bits per heavy atom. The number of fused-ring (bicyclic) bond motifs is 1. The van der Waals surface area contributed by atoms with Crippen LogP contribution in [0.2, 0.25) is 0 Å². The Balaban J connectivity index is 1.95. The molecule has 3 rings (SSSR count). The van der Waals surface area contributed by atoms with E-state index in [9.17, 15) is 19.2 Å². The zero-order valence-electron chi connectivity index (χ0n) is 15.3. The minimum absolute atomic E-state index is 0.0757. The van der Waals surface area contributed by atoms with Gasteiger partial charge in [-0.2, -0.15) is 0 Å². The van der Waals surface area contributed by atoms with Gasteiger partial charge in [0.05, 0.1) is 36.6 Å². The number of hydrogen-bond acceptors (Lipinski definition) is 7. The number of nitrogens with one attached hydrogen (secondary N) is 1. The Kier molecular flexibility index (Phi) is 4.99. The van der Waals surface area contributed by atoms with Gasteiger partial charge in [0.1, 0.15) is 0 Å². The Hall–Kier alpha value is -3.88. The molecule has 0 atom stereocenters. The van der Waals surface area contributed by atoms with Crippen molar-refractivity contribution < 1.29 is 33.5 Å². The second kappa shape index (κ2) is 7.39. The van der Waals surface area contributed by atoms with Gasteiger partial charge in [-0.25, -0.2) is 4.79 Å². The van der Waals surface area contributed by atoms with E-state index < -0.39 is 23.7 Å². The Bertz CT molecular complexity index is 965. The standard InChI is InChI=1S/C19H16N2O7/c1-10(22)20-14-9-16(27-3)15(26-2)8-13(14)19(25)28-21-17(23)11-6-4-5-7-12(11)18(21)24/h4-9H,1-3H3,(H,20,22). The summed E-state index contributed by atoms with van der Waals surface area (Å²) in [6.45, 7) is 1.26. The minimum atomic E-state index is -1.03. The molecular weight excluding hydrogens is 368 g/mol. The predicted octanol–water partition coefficient (Wildman–Crippen LogP) is 2.03. The predicted molar refractivity (Wildman–Crippen MR) is 96.2 cm³/mol. The summed E-state index contributed by atoms with van der Waals surface area (Å²) in [6.07, 6.45) is 0. The maximum absolute atomic E-state index is 12.7. The highest BCUT2D eigenvalue weighted by molar-refractivity contribution is 6.21. The lowest BCUT2D eigenvalue weighted by molar-refractivity contribution is -0.114. The van der Waals surface area contributed by atoms with Crippen LogP contribution in [0, 0.1) is 0 Å². The highest BCUT2D eigenvalue weighted by Gasteiger charge is 2.39. The molecule has 144 valence electrons. The van der Waals surface area contributed by atoms with Gasteiger partial charge in [-0.1, -0.05) is 17.2 Å². The quantitative estimate of drug-likeness (QED) is 0.785. The fourth-order valence-corrected chi connectivity index (χ4v) is 2.72. The van der Waals surface area contributed by atoms with Gasteiger partial charge in [0.15, 0.2) is 11.5 Å². The van der Waals surface area contributed by atoms with Crippen LogP contribution in [-0.2, 0) is 9.63 Å². The SMILES string of the molecule is COc1cc(NC(C)=O)c(C(=O)ON2C(=O)c3ccccc3C2=O)cc1OC. The van der Waals surface area contributed by atoms with Crippen LogP contribution < -0.4 is 14.8 Å². The second-order valence-electron chi connectivity index (χ2n) is 5.76. The summed E-state index contributed by atoms with van der Waals surface area (Å²) in [5.41, 5.74) is 0.223. The van der Waals surface area contributed by atoms with Crippen LogP contribution in [0.25, 0.3) is 0 Å². The summed E-state index contributed by atoms with van der Waals surface area (Å²) >= 11 is 0. The molecular formula is C19H16N2O7. The summed E-state index contributed by atoms with van der Waals surface area (Å²) in [5, 5.41) is 2.87. The molecule has 0 saturated carbocycles. The monoisotopic (exact) mass is 384 g/mol. The van der Waals surface area contributed by atoms with Crippen molar-refractivity contribution in [1.82, 2.24) is 5.06 Å². The van der Waals surface area contributed by atoms with Gasteiger partial charge in [0.2, 0.25) is 5.91 Å². The van der Waals surface area contributed by atoms with E-state index in [1.165, 1.54) is 45.4 Å². The number of rotatable bonds is 5. The minimum Gasteiger partial charge on any atom is -0.493 e. The molecule has 0 radical (unpaired) electrons. The number of hydroxylamine groups is 2. The highest BCUT2D eigenvalue weighted by atomic mass is 16.7. The van der Waals surface area contributed by atoms with Gasteiger partial charge < -0.3 is 19.6 Å². The number of carbonyl (C=O) groups is 4. The molecule has 2 aromatic rings. The molecule has 1 N–H and O–H groups in total. The molecule has 0 saturated heterocycles. The van der Waals surface area contributed by atoms with E-state index in [0.717, 1.165) is 0 Å². The molecule has 28 heavy (non-hydrogen) atoms. The van der Waals surface area contributed by atoms with E-state index in [-0.39, 0.29) is 33.9 Å². The van der Waals surface area contributed by atoms with Gasteiger partial charge in [0.25, 0.3) is 11.8 Å². The molecule has 9 nitrogen and oxygen atoms in total. The summed E-state index contributed by atoms with van der Waals surface area (Å²) < 4.78 is 10.3. The highest BCUT2D eigenvalue weighted by Crippen LogP contribution is 2.34. The van der Waals surface area contributed by atoms with Crippen molar-refractivity contribution in [3.8, 4) is 11.5 Å². The lowest BCUT2D eigenvalue weighted by Gasteiger charge is -2.17. The molecule has 0 aliphatic carbocycles. The Morgan fingerprint density at radius 3 is 1.96 bits per heavy atom. The van der Waals surface area contributed by atoms with Crippen molar-refractivity contribution in [2.24, 2.45) is 0 Å². The van der Waals surface area contributed by atoms with Crippen molar-refractivity contribution in [2.75, 3.05) is 19.5 Å². The van der Waals surface area contributed by atoms with E-state index >= 15 is 0 Å².